The molecule has 5 nitrogen and oxygen atoms in total. The minimum atomic E-state index is -0.554. The zero-order valence-corrected chi connectivity index (χ0v) is 7.90. The molecular formula is C8H7ClN2O3. The van der Waals surface area contributed by atoms with Crippen LogP contribution in [-0.2, 0) is 0 Å². The molecule has 74 valence electrons. The van der Waals surface area contributed by atoms with E-state index >= 15 is 0 Å². The van der Waals surface area contributed by atoms with E-state index in [2.05, 4.69) is 4.98 Å². The molecule has 14 heavy (non-hydrogen) atoms. The van der Waals surface area contributed by atoms with Gasteiger partial charge >= 0.3 is 5.69 Å². The molecule has 0 unspecified atom stereocenters. The second-order valence-electron chi connectivity index (χ2n) is 3.04. The van der Waals surface area contributed by atoms with Crippen molar-refractivity contribution in [3.63, 3.8) is 0 Å². The third kappa shape index (κ3) is 1.77. The number of hydrogen-bond acceptors (Lipinski definition) is 4. The lowest BCUT2D eigenvalue weighted by atomic mass is 10.4. The van der Waals surface area contributed by atoms with Crippen LogP contribution >= 0.6 is 11.6 Å². The monoisotopic (exact) mass is 214 g/mol. The zero-order valence-electron chi connectivity index (χ0n) is 7.14. The van der Waals surface area contributed by atoms with E-state index in [-0.39, 0.29) is 22.6 Å². The first-order valence-corrected chi connectivity index (χ1v) is 4.51. The Morgan fingerprint density at radius 1 is 1.57 bits per heavy atom. The van der Waals surface area contributed by atoms with Crippen molar-refractivity contribution in [1.82, 2.24) is 4.98 Å². The molecule has 0 radical (unpaired) electrons. The van der Waals surface area contributed by atoms with Crippen molar-refractivity contribution in [3.05, 3.63) is 27.5 Å². The van der Waals surface area contributed by atoms with E-state index in [0.717, 1.165) is 12.8 Å². The molecule has 1 aliphatic carbocycles. The minimum Gasteiger partial charge on any atom is -0.482 e. The quantitative estimate of drug-likeness (QED) is 0.571. The highest BCUT2D eigenvalue weighted by Crippen LogP contribution is 2.36. The molecule has 0 aliphatic heterocycles. The van der Waals surface area contributed by atoms with Gasteiger partial charge in [0.1, 0.15) is 5.02 Å². The fraction of sp³-hybridized carbons (Fsp3) is 0.375. The van der Waals surface area contributed by atoms with E-state index in [1.54, 1.807) is 0 Å². The first-order chi connectivity index (χ1) is 6.68. The number of hydrogen-bond donors (Lipinski definition) is 0. The summed E-state index contributed by atoms with van der Waals surface area (Å²) in [5.41, 5.74) is -0.200. The van der Waals surface area contributed by atoms with Crippen LogP contribution < -0.4 is 4.74 Å². The second-order valence-corrected chi connectivity index (χ2v) is 3.45. The molecule has 1 aromatic heterocycles. The van der Waals surface area contributed by atoms with Gasteiger partial charge in [-0.2, -0.15) is 0 Å². The standard InChI is InChI=1S/C8H7ClN2O3/c9-6-3-10-4-7(8(6)11(12)13)14-5-1-2-5/h3-5H,1-2H2. The van der Waals surface area contributed by atoms with Crippen molar-refractivity contribution in [2.45, 2.75) is 18.9 Å². The summed E-state index contributed by atoms with van der Waals surface area (Å²) in [4.78, 5) is 13.9. The summed E-state index contributed by atoms with van der Waals surface area (Å²) in [6.07, 6.45) is 4.52. The number of nitro groups is 1. The summed E-state index contributed by atoms with van der Waals surface area (Å²) in [5.74, 6) is 0.157. The summed E-state index contributed by atoms with van der Waals surface area (Å²) >= 11 is 5.64. The highest BCUT2D eigenvalue weighted by atomic mass is 35.5. The topological polar surface area (TPSA) is 65.3 Å². The molecule has 0 saturated heterocycles. The number of aromatic nitrogens is 1. The Balaban J connectivity index is 2.35. The SMILES string of the molecule is O=[N+]([O-])c1c(Cl)cncc1OC1CC1. The van der Waals surface area contributed by atoms with Crippen LogP contribution in [0.1, 0.15) is 12.8 Å². The Morgan fingerprint density at radius 2 is 2.29 bits per heavy atom. The Hall–Kier alpha value is -1.36. The molecule has 1 aliphatic rings. The Labute approximate surface area is 84.8 Å². The van der Waals surface area contributed by atoms with Crippen molar-refractivity contribution in [1.29, 1.82) is 0 Å². The number of halogens is 1. The second kappa shape index (κ2) is 3.42. The maximum atomic E-state index is 10.7. The molecule has 0 atom stereocenters. The highest BCUT2D eigenvalue weighted by Gasteiger charge is 2.28. The third-order valence-electron chi connectivity index (χ3n) is 1.84. The lowest BCUT2D eigenvalue weighted by Gasteiger charge is -2.04. The predicted octanol–water partition coefficient (Wildman–Crippen LogP) is 2.18. The number of rotatable bonds is 3. The molecule has 0 N–H and O–H groups in total. The normalized spacial score (nSPS) is 15.2. The molecule has 1 heterocycles. The maximum absolute atomic E-state index is 10.7. The van der Waals surface area contributed by atoms with E-state index in [4.69, 9.17) is 16.3 Å². The summed E-state index contributed by atoms with van der Waals surface area (Å²) < 4.78 is 5.31. The molecular weight excluding hydrogens is 208 g/mol. The average Bonchev–Trinajstić information content (AvgIpc) is 2.87. The summed E-state index contributed by atoms with van der Waals surface area (Å²) in [6, 6.07) is 0. The lowest BCUT2D eigenvalue weighted by Crippen LogP contribution is -2.01. The van der Waals surface area contributed by atoms with Crippen LogP contribution in [0.3, 0.4) is 0 Å². The van der Waals surface area contributed by atoms with Crippen LogP contribution in [0.5, 0.6) is 5.75 Å². The minimum absolute atomic E-state index is 0.00755. The van der Waals surface area contributed by atoms with Gasteiger partial charge in [0, 0.05) is 0 Å². The molecule has 1 saturated carbocycles. The fourth-order valence-corrected chi connectivity index (χ4v) is 1.26. The van der Waals surface area contributed by atoms with Crippen molar-refractivity contribution >= 4 is 17.3 Å². The van der Waals surface area contributed by atoms with Gasteiger partial charge in [0.05, 0.1) is 23.4 Å². The van der Waals surface area contributed by atoms with Crippen LogP contribution in [-0.4, -0.2) is 16.0 Å². The molecule has 1 aromatic rings. The molecule has 2 rings (SSSR count). The van der Waals surface area contributed by atoms with Crippen molar-refractivity contribution in [3.8, 4) is 5.75 Å². The van der Waals surface area contributed by atoms with Crippen molar-refractivity contribution < 1.29 is 9.66 Å². The smallest absolute Gasteiger partial charge is 0.332 e. The average molecular weight is 215 g/mol. The van der Waals surface area contributed by atoms with Crippen LogP contribution in [0.2, 0.25) is 5.02 Å². The van der Waals surface area contributed by atoms with E-state index in [9.17, 15) is 10.1 Å². The van der Waals surface area contributed by atoms with E-state index in [1.165, 1.54) is 12.4 Å². The van der Waals surface area contributed by atoms with Crippen LogP contribution in [0.25, 0.3) is 0 Å². The highest BCUT2D eigenvalue weighted by molar-refractivity contribution is 6.32. The van der Waals surface area contributed by atoms with Gasteiger partial charge in [0.2, 0.25) is 5.75 Å². The van der Waals surface area contributed by atoms with Gasteiger partial charge < -0.3 is 4.74 Å². The summed E-state index contributed by atoms with van der Waals surface area (Å²) in [5, 5.41) is 10.7. The van der Waals surface area contributed by atoms with E-state index < -0.39 is 4.92 Å². The summed E-state index contributed by atoms with van der Waals surface area (Å²) in [6.45, 7) is 0. The maximum Gasteiger partial charge on any atom is 0.332 e. The van der Waals surface area contributed by atoms with Gasteiger partial charge in [-0.3, -0.25) is 15.1 Å². The fourth-order valence-electron chi connectivity index (χ4n) is 1.04. The van der Waals surface area contributed by atoms with Crippen LogP contribution in [0.4, 0.5) is 5.69 Å². The van der Waals surface area contributed by atoms with Gasteiger partial charge in [-0.05, 0) is 12.8 Å². The van der Waals surface area contributed by atoms with E-state index in [0.29, 0.717) is 0 Å². The molecule has 0 amide bonds. The van der Waals surface area contributed by atoms with Crippen LogP contribution in [0, 0.1) is 10.1 Å². The van der Waals surface area contributed by atoms with Gasteiger partial charge in [0.15, 0.2) is 0 Å². The predicted molar refractivity (Wildman–Crippen MR) is 49.6 cm³/mol. The van der Waals surface area contributed by atoms with Crippen LogP contribution in [0.15, 0.2) is 12.4 Å². The zero-order chi connectivity index (χ0) is 10.1. The Kier molecular flexibility index (Phi) is 2.25. The third-order valence-corrected chi connectivity index (χ3v) is 2.12. The Bertz CT molecular complexity index is 379. The van der Waals surface area contributed by atoms with E-state index in [1.807, 2.05) is 0 Å². The van der Waals surface area contributed by atoms with Crippen molar-refractivity contribution in [2.75, 3.05) is 0 Å². The number of pyridine rings is 1. The number of nitrogens with zero attached hydrogens (tertiary/aromatic N) is 2. The van der Waals surface area contributed by atoms with Gasteiger partial charge in [-0.25, -0.2) is 0 Å². The van der Waals surface area contributed by atoms with Gasteiger partial charge in [-0.15, -0.1) is 0 Å². The molecule has 0 spiro atoms. The molecule has 6 heteroatoms. The number of ether oxygens (including phenoxy) is 1. The molecule has 1 fully saturated rings. The lowest BCUT2D eigenvalue weighted by molar-refractivity contribution is -0.385. The largest absolute Gasteiger partial charge is 0.482 e. The first-order valence-electron chi connectivity index (χ1n) is 4.13. The first kappa shape index (κ1) is 9.21. The molecule has 0 bridgehead atoms. The summed E-state index contributed by atoms with van der Waals surface area (Å²) in [7, 11) is 0. The van der Waals surface area contributed by atoms with Gasteiger partial charge in [0.25, 0.3) is 0 Å². The molecule has 0 aromatic carbocycles. The van der Waals surface area contributed by atoms with Gasteiger partial charge in [-0.1, -0.05) is 11.6 Å². The van der Waals surface area contributed by atoms with Crippen molar-refractivity contribution in [2.24, 2.45) is 0 Å². The Morgan fingerprint density at radius 3 is 2.86 bits per heavy atom.